The van der Waals surface area contributed by atoms with Crippen LogP contribution in [0.2, 0.25) is 0 Å². The number of hydrogen-bond acceptors (Lipinski definition) is 4. The molecule has 0 bridgehead atoms. The standard InChI is InChI=1S/C19H25N3OS/c1-12(2)19-22-17(11-24-19)10-20-13(3)14-6-8-16(9-7-14)21-18(23)15-4-5-15/h6-9,11-13,15,20H,4-5,10H2,1-3H3,(H,21,23). The van der Waals surface area contributed by atoms with Crippen molar-refractivity contribution in [2.75, 3.05) is 5.32 Å². The van der Waals surface area contributed by atoms with Crippen molar-refractivity contribution in [3.8, 4) is 0 Å². The van der Waals surface area contributed by atoms with E-state index in [1.807, 2.05) is 12.1 Å². The van der Waals surface area contributed by atoms with E-state index in [1.54, 1.807) is 11.3 Å². The highest BCUT2D eigenvalue weighted by Crippen LogP contribution is 2.30. The fourth-order valence-corrected chi connectivity index (χ4v) is 3.32. The lowest BCUT2D eigenvalue weighted by Gasteiger charge is -2.14. The maximum absolute atomic E-state index is 11.8. The largest absolute Gasteiger partial charge is 0.326 e. The van der Waals surface area contributed by atoms with Gasteiger partial charge in [-0.25, -0.2) is 4.98 Å². The summed E-state index contributed by atoms with van der Waals surface area (Å²) in [6.45, 7) is 7.25. The van der Waals surface area contributed by atoms with Crippen molar-refractivity contribution in [2.45, 2.75) is 52.1 Å². The summed E-state index contributed by atoms with van der Waals surface area (Å²) >= 11 is 1.73. The average molecular weight is 343 g/mol. The van der Waals surface area contributed by atoms with Gasteiger partial charge in [-0.15, -0.1) is 11.3 Å². The van der Waals surface area contributed by atoms with Crippen molar-refractivity contribution in [2.24, 2.45) is 5.92 Å². The number of thiazole rings is 1. The Bertz CT molecular complexity index is 689. The molecule has 1 saturated carbocycles. The van der Waals surface area contributed by atoms with Gasteiger partial charge >= 0.3 is 0 Å². The molecule has 1 fully saturated rings. The number of hydrogen-bond donors (Lipinski definition) is 2. The van der Waals surface area contributed by atoms with Crippen LogP contribution >= 0.6 is 11.3 Å². The number of aromatic nitrogens is 1. The number of amides is 1. The van der Waals surface area contributed by atoms with Gasteiger partial charge in [-0.2, -0.15) is 0 Å². The molecule has 128 valence electrons. The highest BCUT2D eigenvalue weighted by Gasteiger charge is 2.29. The van der Waals surface area contributed by atoms with E-state index >= 15 is 0 Å². The van der Waals surface area contributed by atoms with Crippen LogP contribution in [0, 0.1) is 5.92 Å². The Kier molecular flexibility index (Phi) is 5.31. The molecule has 1 aliphatic carbocycles. The fourth-order valence-electron chi connectivity index (χ4n) is 2.49. The second kappa shape index (κ2) is 7.45. The normalized spacial score (nSPS) is 15.5. The summed E-state index contributed by atoms with van der Waals surface area (Å²) < 4.78 is 0. The summed E-state index contributed by atoms with van der Waals surface area (Å²) in [5.74, 6) is 0.872. The van der Waals surface area contributed by atoms with Crippen molar-refractivity contribution in [3.05, 3.63) is 45.9 Å². The molecule has 0 spiro atoms. The number of nitrogens with zero attached hydrogens (tertiary/aromatic N) is 1. The molecule has 0 saturated heterocycles. The summed E-state index contributed by atoms with van der Waals surface area (Å²) in [4.78, 5) is 16.4. The molecule has 1 amide bonds. The smallest absolute Gasteiger partial charge is 0.227 e. The molecule has 2 aromatic rings. The van der Waals surface area contributed by atoms with Crippen LogP contribution < -0.4 is 10.6 Å². The highest BCUT2D eigenvalue weighted by atomic mass is 32.1. The van der Waals surface area contributed by atoms with Crippen LogP contribution in [0.15, 0.2) is 29.6 Å². The Labute approximate surface area is 147 Å². The first kappa shape index (κ1) is 17.1. The molecule has 1 unspecified atom stereocenters. The molecule has 3 rings (SSSR count). The Balaban J connectivity index is 1.52. The number of carbonyl (C=O) groups is 1. The van der Waals surface area contributed by atoms with Gasteiger partial charge < -0.3 is 10.6 Å². The van der Waals surface area contributed by atoms with Crippen molar-refractivity contribution >= 4 is 22.9 Å². The molecule has 5 heteroatoms. The molecule has 1 atom stereocenters. The summed E-state index contributed by atoms with van der Waals surface area (Å²) in [5.41, 5.74) is 3.19. The number of nitrogens with one attached hydrogen (secondary N) is 2. The van der Waals surface area contributed by atoms with E-state index in [0.29, 0.717) is 5.92 Å². The van der Waals surface area contributed by atoms with E-state index in [4.69, 9.17) is 0 Å². The molecule has 1 aliphatic rings. The zero-order valence-electron chi connectivity index (χ0n) is 14.5. The molecule has 2 N–H and O–H groups in total. The second-order valence-electron chi connectivity index (χ2n) is 6.82. The van der Waals surface area contributed by atoms with E-state index in [9.17, 15) is 4.79 Å². The first-order valence-electron chi connectivity index (χ1n) is 8.61. The SMILES string of the molecule is CC(C)c1nc(CNC(C)c2ccc(NC(=O)C3CC3)cc2)cs1. The molecular formula is C19H25N3OS. The van der Waals surface area contributed by atoms with E-state index in [0.717, 1.165) is 30.8 Å². The summed E-state index contributed by atoms with van der Waals surface area (Å²) in [6.07, 6.45) is 2.06. The predicted octanol–water partition coefficient (Wildman–Crippen LogP) is 4.47. The predicted molar refractivity (Wildman–Crippen MR) is 99.3 cm³/mol. The summed E-state index contributed by atoms with van der Waals surface area (Å²) in [5, 5.41) is 9.81. The van der Waals surface area contributed by atoms with Crippen molar-refractivity contribution < 1.29 is 4.79 Å². The second-order valence-corrected chi connectivity index (χ2v) is 7.71. The minimum absolute atomic E-state index is 0.151. The van der Waals surface area contributed by atoms with E-state index < -0.39 is 0 Å². The van der Waals surface area contributed by atoms with Crippen LogP contribution in [-0.4, -0.2) is 10.9 Å². The first-order valence-corrected chi connectivity index (χ1v) is 9.49. The lowest BCUT2D eigenvalue weighted by molar-refractivity contribution is -0.117. The minimum Gasteiger partial charge on any atom is -0.326 e. The van der Waals surface area contributed by atoms with Gasteiger partial charge in [0, 0.05) is 35.5 Å². The van der Waals surface area contributed by atoms with Gasteiger partial charge in [0.1, 0.15) is 0 Å². The summed E-state index contributed by atoms with van der Waals surface area (Å²) in [7, 11) is 0. The zero-order valence-corrected chi connectivity index (χ0v) is 15.3. The van der Waals surface area contributed by atoms with Crippen LogP contribution in [0.5, 0.6) is 0 Å². The Morgan fingerprint density at radius 3 is 2.54 bits per heavy atom. The van der Waals surface area contributed by atoms with Crippen molar-refractivity contribution in [3.63, 3.8) is 0 Å². The zero-order chi connectivity index (χ0) is 17.1. The molecule has 1 aromatic heterocycles. The lowest BCUT2D eigenvalue weighted by Crippen LogP contribution is -2.18. The molecule has 0 aliphatic heterocycles. The number of rotatable bonds is 7. The van der Waals surface area contributed by atoms with Gasteiger partial charge in [-0.1, -0.05) is 26.0 Å². The third-order valence-electron chi connectivity index (χ3n) is 4.28. The Morgan fingerprint density at radius 2 is 1.96 bits per heavy atom. The van der Waals surface area contributed by atoms with Crippen LogP contribution in [-0.2, 0) is 11.3 Å². The Hall–Kier alpha value is -1.72. The monoisotopic (exact) mass is 343 g/mol. The fraction of sp³-hybridized carbons (Fsp3) is 0.474. The van der Waals surface area contributed by atoms with Crippen molar-refractivity contribution in [1.29, 1.82) is 0 Å². The topological polar surface area (TPSA) is 54.0 Å². The maximum atomic E-state index is 11.8. The van der Waals surface area contributed by atoms with Crippen molar-refractivity contribution in [1.82, 2.24) is 10.3 Å². The highest BCUT2D eigenvalue weighted by molar-refractivity contribution is 7.09. The van der Waals surface area contributed by atoms with E-state index in [2.05, 4.69) is 53.9 Å². The third kappa shape index (κ3) is 4.42. The van der Waals surface area contributed by atoms with Crippen LogP contribution in [0.3, 0.4) is 0 Å². The molecule has 4 nitrogen and oxygen atoms in total. The average Bonchev–Trinajstić information content (AvgIpc) is 3.31. The quantitative estimate of drug-likeness (QED) is 0.780. The minimum atomic E-state index is 0.151. The number of carbonyl (C=O) groups excluding carboxylic acids is 1. The molecule has 0 radical (unpaired) electrons. The van der Waals surface area contributed by atoms with E-state index in [-0.39, 0.29) is 17.9 Å². The molecule has 24 heavy (non-hydrogen) atoms. The molecule has 1 heterocycles. The van der Waals surface area contributed by atoms with Gasteiger partial charge in [-0.3, -0.25) is 4.79 Å². The number of anilines is 1. The van der Waals surface area contributed by atoms with Gasteiger partial charge in [0.15, 0.2) is 0 Å². The maximum Gasteiger partial charge on any atom is 0.227 e. The van der Waals surface area contributed by atoms with Gasteiger partial charge in [0.2, 0.25) is 5.91 Å². The summed E-state index contributed by atoms with van der Waals surface area (Å²) in [6, 6.07) is 8.34. The van der Waals surface area contributed by atoms with Crippen LogP contribution in [0.1, 0.15) is 61.8 Å². The van der Waals surface area contributed by atoms with Crippen LogP contribution in [0.4, 0.5) is 5.69 Å². The van der Waals surface area contributed by atoms with Gasteiger partial charge in [0.25, 0.3) is 0 Å². The lowest BCUT2D eigenvalue weighted by atomic mass is 10.1. The Morgan fingerprint density at radius 1 is 1.25 bits per heavy atom. The molecular weight excluding hydrogens is 318 g/mol. The van der Waals surface area contributed by atoms with Crippen LogP contribution in [0.25, 0.3) is 0 Å². The van der Waals surface area contributed by atoms with E-state index in [1.165, 1.54) is 10.6 Å². The number of benzene rings is 1. The van der Waals surface area contributed by atoms with Gasteiger partial charge in [0.05, 0.1) is 10.7 Å². The molecule has 1 aromatic carbocycles. The third-order valence-corrected chi connectivity index (χ3v) is 5.47. The first-order chi connectivity index (χ1) is 11.5. The van der Waals surface area contributed by atoms with Gasteiger partial charge in [-0.05, 0) is 37.5 Å².